The molecule has 10 rings (SSSR count). The van der Waals surface area contributed by atoms with E-state index in [1.165, 1.54) is 6.07 Å². The topological polar surface area (TPSA) is 149 Å². The van der Waals surface area contributed by atoms with Crippen molar-refractivity contribution in [1.29, 1.82) is 0 Å². The van der Waals surface area contributed by atoms with E-state index in [1.54, 1.807) is 25.3 Å². The average Bonchev–Trinajstić information content (AvgIpc) is 3.83. The van der Waals surface area contributed by atoms with Crippen LogP contribution in [0, 0.1) is 19.7 Å². The van der Waals surface area contributed by atoms with E-state index in [2.05, 4.69) is 46.9 Å². The smallest absolute Gasteiger partial charge is 0.310 e. The summed E-state index contributed by atoms with van der Waals surface area (Å²) in [7, 11) is 1.76. The molecule has 3 aliphatic heterocycles. The minimum absolute atomic E-state index is 0.0429. The van der Waals surface area contributed by atoms with Crippen LogP contribution in [0.15, 0.2) is 65.3 Å². The Hall–Kier alpha value is -6.33. The van der Waals surface area contributed by atoms with Gasteiger partial charge in [0.2, 0.25) is 0 Å². The zero-order valence-corrected chi connectivity index (χ0v) is 37.0. The summed E-state index contributed by atoms with van der Waals surface area (Å²) in [6.07, 6.45) is 7.36. The Labute approximate surface area is 373 Å². The highest BCUT2D eigenvalue weighted by atomic mass is 19.3. The molecule has 2 N–H and O–H groups in total. The number of aryl methyl sites for hydroxylation is 2. The second-order valence-electron chi connectivity index (χ2n) is 17.4. The number of pyridine rings is 2. The molecule has 2 aromatic carbocycles. The SMILES string of the molecule is CO[C@H]1CCCN(c2cnc3c(C)nnc(N[C@H](C)c4cccc5c(F)c(CO[C@H]6CCCN(c7cnc8c(C)nnc(N[C@H](C)c9cccc%10c9OCC%10(F)F)c8c7)C6)oc45)c3c2)C1. The Kier molecular flexibility index (Phi) is 11.3. The van der Waals surface area contributed by atoms with Gasteiger partial charge in [0, 0.05) is 55.2 Å². The summed E-state index contributed by atoms with van der Waals surface area (Å²) in [5, 5.41) is 26.6. The summed E-state index contributed by atoms with van der Waals surface area (Å²) in [5.41, 5.74) is 6.38. The van der Waals surface area contributed by atoms with E-state index in [0.29, 0.717) is 45.9 Å². The molecular weight excluding hydrogens is 838 g/mol. The van der Waals surface area contributed by atoms with E-state index >= 15 is 4.39 Å². The number of furan rings is 1. The van der Waals surface area contributed by atoms with Gasteiger partial charge in [-0.3, -0.25) is 9.97 Å². The maximum absolute atomic E-state index is 16.1. The molecule has 0 saturated carbocycles. The minimum Gasteiger partial charge on any atom is -0.486 e. The number of anilines is 4. The Bertz CT molecular complexity index is 2920. The predicted octanol–water partition coefficient (Wildman–Crippen LogP) is 9.50. The first-order valence-electron chi connectivity index (χ1n) is 22.2. The lowest BCUT2D eigenvalue weighted by Gasteiger charge is -2.34. The number of piperidine rings is 2. The van der Waals surface area contributed by atoms with Crippen LogP contribution in [-0.4, -0.2) is 82.5 Å². The third-order valence-electron chi connectivity index (χ3n) is 13.0. The number of benzene rings is 2. The van der Waals surface area contributed by atoms with Gasteiger partial charge in [-0.2, -0.15) is 19.0 Å². The second-order valence-corrected chi connectivity index (χ2v) is 17.4. The molecule has 0 spiro atoms. The molecule has 7 aromatic rings. The molecule has 65 heavy (non-hydrogen) atoms. The quantitative estimate of drug-likeness (QED) is 0.120. The van der Waals surface area contributed by atoms with Crippen LogP contribution < -0.4 is 25.2 Å². The summed E-state index contributed by atoms with van der Waals surface area (Å²) in [6.45, 7) is 9.90. The molecule has 0 aliphatic carbocycles. The molecule has 0 amide bonds. The van der Waals surface area contributed by atoms with E-state index < -0.39 is 24.4 Å². The molecule has 0 bridgehead atoms. The normalized spacial score (nSPS) is 19.4. The third kappa shape index (κ3) is 8.09. The number of nitrogens with zero attached hydrogens (tertiary/aromatic N) is 8. The van der Waals surface area contributed by atoms with Crippen molar-refractivity contribution in [2.75, 3.05) is 60.3 Å². The summed E-state index contributed by atoms with van der Waals surface area (Å²) < 4.78 is 68.9. The van der Waals surface area contributed by atoms with Crippen molar-refractivity contribution in [3.8, 4) is 5.75 Å². The first-order chi connectivity index (χ1) is 31.4. The molecule has 5 aromatic heterocycles. The number of nitrogens with one attached hydrogen (secondary N) is 2. The van der Waals surface area contributed by atoms with Crippen LogP contribution in [0.2, 0.25) is 0 Å². The van der Waals surface area contributed by atoms with E-state index in [0.717, 1.165) is 84.2 Å². The summed E-state index contributed by atoms with van der Waals surface area (Å²) >= 11 is 0. The monoisotopic (exact) mass is 888 g/mol. The summed E-state index contributed by atoms with van der Waals surface area (Å²) in [5.74, 6) is -2.11. The van der Waals surface area contributed by atoms with E-state index in [4.69, 9.17) is 28.6 Å². The minimum atomic E-state index is -3.04. The van der Waals surface area contributed by atoms with Gasteiger partial charge in [-0.05, 0) is 77.6 Å². The number of hydrogen-bond donors (Lipinski definition) is 2. The maximum atomic E-state index is 16.1. The first-order valence-corrected chi connectivity index (χ1v) is 22.2. The van der Waals surface area contributed by atoms with Crippen molar-refractivity contribution in [2.45, 2.75) is 90.2 Å². The van der Waals surface area contributed by atoms with Crippen molar-refractivity contribution in [3.63, 3.8) is 0 Å². The van der Waals surface area contributed by atoms with Crippen molar-refractivity contribution >= 4 is 55.8 Å². The largest absolute Gasteiger partial charge is 0.486 e. The number of alkyl halides is 2. The van der Waals surface area contributed by atoms with Crippen LogP contribution in [0.25, 0.3) is 32.8 Å². The van der Waals surface area contributed by atoms with Crippen molar-refractivity contribution < 1.29 is 31.8 Å². The predicted molar refractivity (Wildman–Crippen MR) is 242 cm³/mol. The van der Waals surface area contributed by atoms with Crippen LogP contribution in [0.5, 0.6) is 5.75 Å². The van der Waals surface area contributed by atoms with Gasteiger partial charge in [0.15, 0.2) is 29.8 Å². The second kappa shape index (κ2) is 17.2. The molecule has 4 atom stereocenters. The molecule has 2 saturated heterocycles. The lowest BCUT2D eigenvalue weighted by Crippen LogP contribution is -2.39. The fraction of sp³-hybridized carbons (Fsp3) is 0.417. The van der Waals surface area contributed by atoms with Crippen LogP contribution >= 0.6 is 0 Å². The average molecular weight is 889 g/mol. The number of fused-ring (bicyclic) bond motifs is 4. The van der Waals surface area contributed by atoms with Gasteiger partial charge in [-0.15, -0.1) is 10.2 Å². The Morgan fingerprint density at radius 2 is 1.37 bits per heavy atom. The zero-order chi connectivity index (χ0) is 45.0. The van der Waals surface area contributed by atoms with Crippen molar-refractivity contribution in [3.05, 3.63) is 101 Å². The Balaban J connectivity index is 0.841. The number of para-hydroxylation sites is 2. The van der Waals surface area contributed by atoms with E-state index in [1.807, 2.05) is 58.3 Å². The van der Waals surface area contributed by atoms with Crippen LogP contribution in [0.1, 0.15) is 85.5 Å². The zero-order valence-electron chi connectivity index (χ0n) is 37.0. The lowest BCUT2D eigenvalue weighted by atomic mass is 10.0. The lowest BCUT2D eigenvalue weighted by molar-refractivity contribution is -0.0214. The van der Waals surface area contributed by atoms with E-state index in [-0.39, 0.29) is 41.9 Å². The number of methoxy groups -OCH3 is 1. The summed E-state index contributed by atoms with van der Waals surface area (Å²) in [4.78, 5) is 14.1. The standard InChI is InChI=1S/C48H51F3N10O4/c1-26(54-46-37-18-30(20-52-42(37)28(3)56-58-46)60-16-8-10-32(22-60)62-5)34-12-6-14-36-41(49)40(65-44(34)36)24-63-33-11-9-17-61(23-33)31-19-38-43(53-21-31)29(4)57-59-47(38)55-27(2)35-13-7-15-39-45(35)64-25-48(39,50)51/h6-7,12-15,18-21,26-27,32-33H,8-11,16-17,22-25H2,1-5H3,(H,54,58)(H,55,59)/t26-,27-,32+,33+/m1/s1. The van der Waals surface area contributed by atoms with Gasteiger partial charge in [0.1, 0.15) is 17.9 Å². The highest BCUT2D eigenvalue weighted by molar-refractivity contribution is 5.93. The van der Waals surface area contributed by atoms with Crippen molar-refractivity contribution in [1.82, 2.24) is 30.4 Å². The molecule has 0 unspecified atom stereocenters. The molecule has 8 heterocycles. The van der Waals surface area contributed by atoms with Crippen LogP contribution in [0.4, 0.5) is 36.2 Å². The molecule has 3 aliphatic rings. The maximum Gasteiger partial charge on any atom is 0.310 e. The molecule has 0 radical (unpaired) electrons. The number of hydrogen-bond acceptors (Lipinski definition) is 14. The fourth-order valence-corrected chi connectivity index (χ4v) is 9.47. The fourth-order valence-electron chi connectivity index (χ4n) is 9.47. The van der Waals surface area contributed by atoms with Crippen LogP contribution in [0.3, 0.4) is 0 Å². The number of halogens is 3. The molecule has 338 valence electrons. The third-order valence-corrected chi connectivity index (χ3v) is 13.0. The van der Waals surface area contributed by atoms with Gasteiger partial charge >= 0.3 is 5.92 Å². The van der Waals surface area contributed by atoms with Gasteiger partial charge in [0.05, 0.1) is 81.4 Å². The molecule has 17 heteroatoms. The van der Waals surface area contributed by atoms with Gasteiger partial charge in [-0.25, -0.2) is 4.39 Å². The first kappa shape index (κ1) is 42.6. The number of ether oxygens (including phenoxy) is 3. The molecular formula is C48H51F3N10O4. The highest BCUT2D eigenvalue weighted by Crippen LogP contribution is 2.45. The van der Waals surface area contributed by atoms with Crippen molar-refractivity contribution in [2.24, 2.45) is 0 Å². The Morgan fingerprint density at radius 3 is 2.02 bits per heavy atom. The summed E-state index contributed by atoms with van der Waals surface area (Å²) in [6, 6.07) is 13.6. The molecule has 14 nitrogen and oxygen atoms in total. The number of rotatable bonds is 12. The Morgan fingerprint density at radius 1 is 0.785 bits per heavy atom. The van der Waals surface area contributed by atoms with Gasteiger partial charge in [-0.1, -0.05) is 24.3 Å². The highest BCUT2D eigenvalue weighted by Gasteiger charge is 2.43. The van der Waals surface area contributed by atoms with E-state index in [9.17, 15) is 8.78 Å². The number of aromatic nitrogens is 6. The van der Waals surface area contributed by atoms with Gasteiger partial charge in [0.25, 0.3) is 0 Å². The van der Waals surface area contributed by atoms with Gasteiger partial charge < -0.3 is 39.1 Å². The molecule has 2 fully saturated rings. The van der Waals surface area contributed by atoms with Crippen LogP contribution in [-0.2, 0) is 22.0 Å².